The summed E-state index contributed by atoms with van der Waals surface area (Å²) in [5, 5.41) is 8.06. The van der Waals surface area contributed by atoms with Gasteiger partial charge in [-0.15, -0.1) is 10.2 Å². The summed E-state index contributed by atoms with van der Waals surface area (Å²) in [5.41, 5.74) is 0.611. The minimum atomic E-state index is -3.88. The molecule has 0 N–H and O–H groups in total. The molecule has 0 aliphatic carbocycles. The van der Waals surface area contributed by atoms with Crippen LogP contribution in [0.25, 0.3) is 11.5 Å². The SMILES string of the molecule is O=S(=O)(c1ccccc1F)N1CCC(c2nnc(-c3ccc(F)cc3)o2)CC1. The van der Waals surface area contributed by atoms with E-state index in [2.05, 4.69) is 10.2 Å². The van der Waals surface area contributed by atoms with Crippen molar-refractivity contribution >= 4 is 10.0 Å². The van der Waals surface area contributed by atoms with Crippen LogP contribution >= 0.6 is 0 Å². The molecule has 1 aliphatic rings. The standard InChI is InChI=1S/C19H17F2N3O3S/c20-15-7-5-13(6-8-15)18-22-23-19(27-18)14-9-11-24(12-10-14)28(25,26)17-4-2-1-3-16(17)21/h1-8,14H,9-12H2. The van der Waals surface area contributed by atoms with Crippen LogP contribution in [0.3, 0.4) is 0 Å². The largest absolute Gasteiger partial charge is 0.420 e. The van der Waals surface area contributed by atoms with Gasteiger partial charge >= 0.3 is 0 Å². The van der Waals surface area contributed by atoms with Crippen molar-refractivity contribution < 1.29 is 21.6 Å². The van der Waals surface area contributed by atoms with Crippen LogP contribution in [0.1, 0.15) is 24.7 Å². The van der Waals surface area contributed by atoms with Crippen molar-refractivity contribution in [3.8, 4) is 11.5 Å². The topological polar surface area (TPSA) is 76.3 Å². The minimum Gasteiger partial charge on any atom is -0.420 e. The van der Waals surface area contributed by atoms with Gasteiger partial charge < -0.3 is 4.42 Å². The molecule has 1 aromatic heterocycles. The predicted molar refractivity (Wildman–Crippen MR) is 96.8 cm³/mol. The summed E-state index contributed by atoms with van der Waals surface area (Å²) in [6.45, 7) is 0.463. The third-order valence-electron chi connectivity index (χ3n) is 4.79. The summed E-state index contributed by atoms with van der Waals surface area (Å²) in [6, 6.07) is 11.1. The highest BCUT2D eigenvalue weighted by molar-refractivity contribution is 7.89. The van der Waals surface area contributed by atoms with Crippen LogP contribution < -0.4 is 0 Å². The number of sulfonamides is 1. The average molecular weight is 405 g/mol. The molecule has 2 heterocycles. The number of nitrogens with zero attached hydrogens (tertiary/aromatic N) is 3. The van der Waals surface area contributed by atoms with Gasteiger partial charge in [0.05, 0.1) is 0 Å². The molecule has 4 rings (SSSR count). The number of hydrogen-bond donors (Lipinski definition) is 0. The Balaban J connectivity index is 1.46. The second-order valence-corrected chi connectivity index (χ2v) is 8.47. The first kappa shape index (κ1) is 18.7. The zero-order chi connectivity index (χ0) is 19.7. The summed E-state index contributed by atoms with van der Waals surface area (Å²) in [7, 11) is -3.88. The van der Waals surface area contributed by atoms with Crippen molar-refractivity contribution in [1.29, 1.82) is 0 Å². The van der Waals surface area contributed by atoms with Crippen molar-refractivity contribution in [2.45, 2.75) is 23.7 Å². The first-order chi connectivity index (χ1) is 13.4. The second kappa shape index (κ2) is 7.40. The maximum atomic E-state index is 13.9. The quantitative estimate of drug-likeness (QED) is 0.663. The fraction of sp³-hybridized carbons (Fsp3) is 0.263. The molecule has 146 valence electrons. The van der Waals surface area contributed by atoms with Crippen LogP contribution in [0.4, 0.5) is 8.78 Å². The number of benzene rings is 2. The lowest BCUT2D eigenvalue weighted by molar-refractivity contribution is 0.290. The number of aromatic nitrogens is 2. The monoisotopic (exact) mass is 405 g/mol. The summed E-state index contributed by atoms with van der Waals surface area (Å²) >= 11 is 0. The molecular weight excluding hydrogens is 388 g/mol. The Morgan fingerprint density at radius 2 is 1.64 bits per heavy atom. The van der Waals surface area contributed by atoms with E-state index in [9.17, 15) is 17.2 Å². The first-order valence-electron chi connectivity index (χ1n) is 8.79. The molecule has 28 heavy (non-hydrogen) atoms. The zero-order valence-corrected chi connectivity index (χ0v) is 15.6. The van der Waals surface area contributed by atoms with Crippen molar-refractivity contribution in [1.82, 2.24) is 14.5 Å². The Hall–Kier alpha value is -2.65. The molecule has 0 saturated carbocycles. The van der Waals surface area contributed by atoms with Gasteiger partial charge in [-0.2, -0.15) is 4.31 Å². The molecule has 9 heteroatoms. The Kier molecular flexibility index (Phi) is 4.94. The van der Waals surface area contributed by atoms with Crippen molar-refractivity contribution in [2.24, 2.45) is 0 Å². The van der Waals surface area contributed by atoms with E-state index in [1.165, 1.54) is 34.6 Å². The van der Waals surface area contributed by atoms with Gasteiger partial charge in [-0.25, -0.2) is 17.2 Å². The lowest BCUT2D eigenvalue weighted by atomic mass is 9.98. The van der Waals surface area contributed by atoms with E-state index in [-0.39, 0.29) is 35.6 Å². The highest BCUT2D eigenvalue weighted by Crippen LogP contribution is 2.32. The Morgan fingerprint density at radius 1 is 0.964 bits per heavy atom. The number of rotatable bonds is 4. The maximum Gasteiger partial charge on any atom is 0.247 e. The lowest BCUT2D eigenvalue weighted by Crippen LogP contribution is -2.38. The van der Waals surface area contributed by atoms with E-state index in [1.54, 1.807) is 12.1 Å². The van der Waals surface area contributed by atoms with Gasteiger partial charge in [-0.3, -0.25) is 0 Å². The zero-order valence-electron chi connectivity index (χ0n) is 14.8. The number of halogens is 2. The van der Waals surface area contributed by atoms with Gasteiger partial charge in [0.1, 0.15) is 16.5 Å². The second-order valence-electron chi connectivity index (χ2n) is 6.56. The molecule has 1 aliphatic heterocycles. The molecule has 2 aromatic carbocycles. The molecule has 1 fully saturated rings. The van der Waals surface area contributed by atoms with Crippen LogP contribution in [0, 0.1) is 11.6 Å². The van der Waals surface area contributed by atoms with Gasteiger partial charge in [-0.05, 0) is 49.2 Å². The summed E-state index contributed by atoms with van der Waals surface area (Å²) in [4.78, 5) is -0.315. The summed E-state index contributed by atoms with van der Waals surface area (Å²) in [6.07, 6.45) is 0.970. The predicted octanol–water partition coefficient (Wildman–Crippen LogP) is 3.58. The third kappa shape index (κ3) is 3.55. The number of hydrogen-bond acceptors (Lipinski definition) is 5. The van der Waals surface area contributed by atoms with Crippen LogP contribution in [0.2, 0.25) is 0 Å². The summed E-state index contributed by atoms with van der Waals surface area (Å²) in [5.74, 6) is -0.496. The highest BCUT2D eigenvalue weighted by Gasteiger charge is 2.33. The van der Waals surface area contributed by atoms with Gasteiger partial charge in [0, 0.05) is 24.6 Å². The van der Waals surface area contributed by atoms with E-state index >= 15 is 0 Å². The molecule has 0 spiro atoms. The highest BCUT2D eigenvalue weighted by atomic mass is 32.2. The van der Waals surface area contributed by atoms with Crippen LogP contribution in [0.5, 0.6) is 0 Å². The molecule has 6 nitrogen and oxygen atoms in total. The Bertz CT molecular complexity index is 1080. The number of piperidine rings is 1. The van der Waals surface area contributed by atoms with Crippen molar-refractivity contribution in [2.75, 3.05) is 13.1 Å². The molecule has 1 saturated heterocycles. The molecule has 0 atom stereocenters. The molecule has 0 bridgehead atoms. The van der Waals surface area contributed by atoms with E-state index in [4.69, 9.17) is 4.42 Å². The smallest absolute Gasteiger partial charge is 0.247 e. The van der Waals surface area contributed by atoms with Crippen LogP contribution in [-0.2, 0) is 10.0 Å². The molecule has 0 amide bonds. The molecule has 0 unspecified atom stereocenters. The molecule has 0 radical (unpaired) electrons. The minimum absolute atomic E-state index is 0.0891. The Labute approximate surface area is 160 Å². The van der Waals surface area contributed by atoms with Crippen LogP contribution in [-0.4, -0.2) is 36.0 Å². The average Bonchev–Trinajstić information content (AvgIpc) is 3.19. The van der Waals surface area contributed by atoms with Crippen LogP contribution in [0.15, 0.2) is 57.8 Å². The third-order valence-corrected chi connectivity index (χ3v) is 6.72. The van der Waals surface area contributed by atoms with Gasteiger partial charge in [-0.1, -0.05) is 12.1 Å². The van der Waals surface area contributed by atoms with Gasteiger partial charge in [0.2, 0.25) is 21.8 Å². The summed E-state index contributed by atoms with van der Waals surface area (Å²) < 4.78 is 59.3. The van der Waals surface area contributed by atoms with Crippen molar-refractivity contribution in [3.63, 3.8) is 0 Å². The fourth-order valence-corrected chi connectivity index (χ4v) is 4.78. The molecule has 3 aromatic rings. The maximum absolute atomic E-state index is 13.9. The Morgan fingerprint density at radius 3 is 2.32 bits per heavy atom. The van der Waals surface area contributed by atoms with Crippen molar-refractivity contribution in [3.05, 3.63) is 66.1 Å². The normalized spacial score (nSPS) is 16.4. The van der Waals surface area contributed by atoms with E-state index < -0.39 is 15.8 Å². The van der Waals surface area contributed by atoms with Gasteiger partial charge in [0.15, 0.2) is 0 Å². The van der Waals surface area contributed by atoms with E-state index in [0.29, 0.717) is 24.3 Å². The van der Waals surface area contributed by atoms with Gasteiger partial charge in [0.25, 0.3) is 0 Å². The lowest BCUT2D eigenvalue weighted by Gasteiger charge is -2.29. The van der Waals surface area contributed by atoms with E-state index in [1.807, 2.05) is 0 Å². The van der Waals surface area contributed by atoms with E-state index in [0.717, 1.165) is 6.07 Å². The fourth-order valence-electron chi connectivity index (χ4n) is 3.24. The first-order valence-corrected chi connectivity index (χ1v) is 10.2. The molecular formula is C19H17F2N3O3S.